The second-order valence-corrected chi connectivity index (χ2v) is 5.08. The topological polar surface area (TPSA) is 17.1 Å². The van der Waals surface area contributed by atoms with Gasteiger partial charge >= 0.3 is 0 Å². The Bertz CT molecular complexity index is 629. The highest BCUT2D eigenvalue weighted by atomic mass is 79.9. The fourth-order valence-corrected chi connectivity index (χ4v) is 2.89. The summed E-state index contributed by atoms with van der Waals surface area (Å²) in [7, 11) is 0. The van der Waals surface area contributed by atoms with E-state index in [2.05, 4.69) is 35.0 Å². The van der Waals surface area contributed by atoms with Crippen LogP contribution < -0.4 is 0 Å². The minimum atomic E-state index is 0.137. The van der Waals surface area contributed by atoms with Crippen molar-refractivity contribution in [3.63, 3.8) is 0 Å². The van der Waals surface area contributed by atoms with E-state index in [9.17, 15) is 4.79 Å². The van der Waals surface area contributed by atoms with Crippen LogP contribution in [0.4, 0.5) is 0 Å². The van der Waals surface area contributed by atoms with Crippen LogP contribution in [-0.2, 0) is 6.42 Å². The normalized spacial score (nSPS) is 12.5. The zero-order chi connectivity index (χ0) is 12.0. The third kappa shape index (κ3) is 1.48. The van der Waals surface area contributed by atoms with Gasteiger partial charge < -0.3 is 0 Å². The van der Waals surface area contributed by atoms with Crippen molar-refractivity contribution in [3.8, 4) is 11.1 Å². The molecule has 0 saturated heterocycles. The van der Waals surface area contributed by atoms with Crippen LogP contribution in [0.5, 0.6) is 0 Å². The quantitative estimate of drug-likeness (QED) is 0.655. The monoisotopic (exact) mass is 286 g/mol. The van der Waals surface area contributed by atoms with Crippen molar-refractivity contribution in [2.24, 2.45) is 0 Å². The highest BCUT2D eigenvalue weighted by molar-refractivity contribution is 9.10. The molecule has 0 aromatic heterocycles. The number of hydrogen-bond donors (Lipinski definition) is 0. The molecule has 2 aromatic rings. The standard InChI is InChI=1S/C15H11BrO/c1-2-9-6-7-10-11-4-3-5-13(16)14(11)15(17)12(10)8-9/h3-8H,2H2,1H3. The van der Waals surface area contributed by atoms with Gasteiger partial charge in [0.15, 0.2) is 5.78 Å². The Labute approximate surface area is 109 Å². The molecule has 0 saturated carbocycles. The number of aryl methyl sites for hydroxylation is 1. The lowest BCUT2D eigenvalue weighted by Crippen LogP contribution is -1.97. The molecule has 2 heteroatoms. The number of halogens is 1. The van der Waals surface area contributed by atoms with Crippen molar-refractivity contribution >= 4 is 21.7 Å². The summed E-state index contributed by atoms with van der Waals surface area (Å²) in [5.41, 5.74) is 4.95. The van der Waals surface area contributed by atoms with E-state index in [1.54, 1.807) is 0 Å². The Morgan fingerprint density at radius 3 is 2.65 bits per heavy atom. The van der Waals surface area contributed by atoms with Crippen LogP contribution in [-0.4, -0.2) is 5.78 Å². The zero-order valence-corrected chi connectivity index (χ0v) is 11.0. The van der Waals surface area contributed by atoms with Crippen LogP contribution in [0.15, 0.2) is 40.9 Å². The molecular weight excluding hydrogens is 276 g/mol. The zero-order valence-electron chi connectivity index (χ0n) is 9.46. The molecule has 0 heterocycles. The first-order valence-electron chi connectivity index (χ1n) is 5.69. The van der Waals surface area contributed by atoms with E-state index >= 15 is 0 Å². The lowest BCUT2D eigenvalue weighted by molar-refractivity contribution is 0.104. The Balaban J connectivity index is 2.31. The van der Waals surface area contributed by atoms with Crippen LogP contribution in [0.2, 0.25) is 0 Å². The second kappa shape index (κ2) is 3.81. The maximum absolute atomic E-state index is 12.3. The molecule has 1 aliphatic carbocycles. The van der Waals surface area contributed by atoms with Gasteiger partial charge in [-0.15, -0.1) is 0 Å². The Hall–Kier alpha value is -1.41. The van der Waals surface area contributed by atoms with Gasteiger partial charge in [-0.3, -0.25) is 4.79 Å². The van der Waals surface area contributed by atoms with E-state index in [1.165, 1.54) is 5.56 Å². The first kappa shape index (κ1) is 10.7. The fraction of sp³-hybridized carbons (Fsp3) is 0.133. The van der Waals surface area contributed by atoms with Crippen molar-refractivity contribution in [1.29, 1.82) is 0 Å². The molecule has 0 spiro atoms. The number of carbonyl (C=O) groups is 1. The molecule has 1 nitrogen and oxygen atoms in total. The number of benzene rings is 2. The minimum absolute atomic E-state index is 0.137. The second-order valence-electron chi connectivity index (χ2n) is 4.23. The average Bonchev–Trinajstić information content (AvgIpc) is 2.64. The minimum Gasteiger partial charge on any atom is -0.289 e. The van der Waals surface area contributed by atoms with Gasteiger partial charge in [0, 0.05) is 15.6 Å². The van der Waals surface area contributed by atoms with E-state index in [4.69, 9.17) is 0 Å². The van der Waals surface area contributed by atoms with E-state index in [1.807, 2.05) is 24.3 Å². The van der Waals surface area contributed by atoms with Gasteiger partial charge in [-0.1, -0.05) is 47.1 Å². The van der Waals surface area contributed by atoms with E-state index in [0.29, 0.717) is 0 Å². The van der Waals surface area contributed by atoms with Crippen molar-refractivity contribution < 1.29 is 4.79 Å². The Morgan fingerprint density at radius 2 is 1.88 bits per heavy atom. The average molecular weight is 287 g/mol. The summed E-state index contributed by atoms with van der Waals surface area (Å²) < 4.78 is 0.884. The lowest BCUT2D eigenvalue weighted by Gasteiger charge is -2.01. The van der Waals surface area contributed by atoms with Crippen molar-refractivity contribution in [3.05, 3.63) is 57.6 Å². The highest BCUT2D eigenvalue weighted by Crippen LogP contribution is 2.40. The molecule has 0 amide bonds. The van der Waals surface area contributed by atoms with E-state index < -0.39 is 0 Å². The number of carbonyl (C=O) groups excluding carboxylic acids is 1. The summed E-state index contributed by atoms with van der Waals surface area (Å²) in [6.07, 6.45) is 0.956. The molecule has 2 aromatic carbocycles. The molecule has 0 bridgehead atoms. The first-order chi connectivity index (χ1) is 8.22. The van der Waals surface area contributed by atoms with Crippen LogP contribution in [0.1, 0.15) is 28.4 Å². The van der Waals surface area contributed by atoms with Gasteiger partial charge in [0.05, 0.1) is 0 Å². The largest absolute Gasteiger partial charge is 0.289 e. The molecule has 0 atom stereocenters. The number of ketones is 1. The van der Waals surface area contributed by atoms with Gasteiger partial charge in [-0.2, -0.15) is 0 Å². The Kier molecular flexibility index (Phi) is 2.40. The molecule has 17 heavy (non-hydrogen) atoms. The van der Waals surface area contributed by atoms with E-state index in [-0.39, 0.29) is 5.78 Å². The van der Waals surface area contributed by atoms with Gasteiger partial charge in [0.25, 0.3) is 0 Å². The first-order valence-corrected chi connectivity index (χ1v) is 6.48. The number of rotatable bonds is 1. The number of fused-ring (bicyclic) bond motifs is 3. The third-order valence-electron chi connectivity index (χ3n) is 3.27. The van der Waals surface area contributed by atoms with Gasteiger partial charge in [-0.05, 0) is 35.2 Å². The summed E-state index contributed by atoms with van der Waals surface area (Å²) in [6, 6.07) is 12.1. The van der Waals surface area contributed by atoms with Crippen LogP contribution in [0.25, 0.3) is 11.1 Å². The SMILES string of the molecule is CCc1ccc2c(c1)C(=O)c1c(Br)cccc1-2. The van der Waals surface area contributed by atoms with Crippen LogP contribution >= 0.6 is 15.9 Å². The lowest BCUT2D eigenvalue weighted by atomic mass is 10.0. The third-order valence-corrected chi connectivity index (χ3v) is 3.93. The summed E-state index contributed by atoms with van der Waals surface area (Å²) in [4.78, 5) is 12.3. The molecule has 1 aliphatic rings. The molecule has 0 aliphatic heterocycles. The highest BCUT2D eigenvalue weighted by Gasteiger charge is 2.28. The smallest absolute Gasteiger partial charge is 0.195 e. The number of hydrogen-bond acceptors (Lipinski definition) is 1. The van der Waals surface area contributed by atoms with Crippen molar-refractivity contribution in [2.45, 2.75) is 13.3 Å². The summed E-state index contributed by atoms with van der Waals surface area (Å²) in [5.74, 6) is 0.137. The predicted molar refractivity (Wildman–Crippen MR) is 72.4 cm³/mol. The van der Waals surface area contributed by atoms with Crippen molar-refractivity contribution in [2.75, 3.05) is 0 Å². The Morgan fingerprint density at radius 1 is 1.06 bits per heavy atom. The van der Waals surface area contributed by atoms with Crippen LogP contribution in [0.3, 0.4) is 0 Å². The molecule has 84 valence electrons. The van der Waals surface area contributed by atoms with Gasteiger partial charge in [-0.25, -0.2) is 0 Å². The van der Waals surface area contributed by atoms with Crippen LogP contribution in [0, 0.1) is 0 Å². The molecule has 3 rings (SSSR count). The van der Waals surface area contributed by atoms with Crippen molar-refractivity contribution in [1.82, 2.24) is 0 Å². The fourth-order valence-electron chi connectivity index (χ4n) is 2.35. The molecule has 0 radical (unpaired) electrons. The van der Waals surface area contributed by atoms with Gasteiger partial charge in [0.1, 0.15) is 0 Å². The maximum Gasteiger partial charge on any atom is 0.195 e. The van der Waals surface area contributed by atoms with Gasteiger partial charge in [0.2, 0.25) is 0 Å². The summed E-state index contributed by atoms with van der Waals surface area (Å²) in [6.45, 7) is 2.10. The molecule has 0 unspecified atom stereocenters. The molecule has 0 N–H and O–H groups in total. The molecular formula is C15H11BrO. The maximum atomic E-state index is 12.3. The summed E-state index contributed by atoms with van der Waals surface area (Å²) >= 11 is 3.46. The summed E-state index contributed by atoms with van der Waals surface area (Å²) in [5, 5.41) is 0. The predicted octanol–water partition coefficient (Wildman–Crippen LogP) is 4.22. The van der Waals surface area contributed by atoms with E-state index in [0.717, 1.165) is 33.1 Å². The molecule has 0 fully saturated rings.